The van der Waals surface area contributed by atoms with Crippen LogP contribution in [0.5, 0.6) is 0 Å². The maximum atomic E-state index is 3.31. The lowest BCUT2D eigenvalue weighted by molar-refractivity contribution is 0.567. The van der Waals surface area contributed by atoms with Gasteiger partial charge in [0.25, 0.3) is 0 Å². The molecule has 0 bridgehead atoms. The Labute approximate surface area is 92.7 Å². The maximum Gasteiger partial charge on any atom is 0.0245 e. The van der Waals surface area contributed by atoms with Gasteiger partial charge in [0.05, 0.1) is 0 Å². The molecule has 1 aliphatic rings. The fourth-order valence-electron chi connectivity index (χ4n) is 2.15. The van der Waals surface area contributed by atoms with Crippen LogP contribution in [0, 0.1) is 24.7 Å². The zero-order valence-corrected chi connectivity index (χ0v) is 9.42. The second kappa shape index (κ2) is 5.03. The first kappa shape index (κ1) is 10.3. The molecule has 0 aromatic heterocycles. The Bertz CT molecular complexity index is 355. The number of hydrogen-bond acceptors (Lipinski definition) is 0. The zero-order valence-electron chi connectivity index (χ0n) is 9.42. The van der Waals surface area contributed by atoms with Crippen LogP contribution in [0.3, 0.4) is 0 Å². The van der Waals surface area contributed by atoms with Gasteiger partial charge in [-0.1, -0.05) is 42.4 Å². The molecular weight excluding hydrogens is 180 g/mol. The standard InChI is InChI=1S/C15H18/c1-13-9-11-15(12-10-13)8-4-7-14-5-2-3-6-14/h9-12,14H,2-3,5-7H2,1H3. The molecule has 0 atom stereocenters. The van der Waals surface area contributed by atoms with Crippen LogP contribution in [-0.4, -0.2) is 0 Å². The molecular formula is C15H18. The number of aryl methyl sites for hydroxylation is 1. The average Bonchev–Trinajstić information content (AvgIpc) is 2.74. The Morgan fingerprint density at radius 3 is 2.47 bits per heavy atom. The Kier molecular flexibility index (Phi) is 3.45. The van der Waals surface area contributed by atoms with E-state index in [1.165, 1.54) is 31.2 Å². The first-order chi connectivity index (χ1) is 7.34. The van der Waals surface area contributed by atoms with Gasteiger partial charge in [-0.2, -0.15) is 0 Å². The van der Waals surface area contributed by atoms with E-state index in [4.69, 9.17) is 0 Å². The Morgan fingerprint density at radius 1 is 1.13 bits per heavy atom. The van der Waals surface area contributed by atoms with E-state index in [1.54, 1.807) is 0 Å². The fourth-order valence-corrected chi connectivity index (χ4v) is 2.15. The molecule has 1 fully saturated rings. The SMILES string of the molecule is Cc1ccc(C#CCC2CCCC2)cc1. The molecule has 0 heteroatoms. The van der Waals surface area contributed by atoms with E-state index in [9.17, 15) is 0 Å². The van der Waals surface area contributed by atoms with E-state index >= 15 is 0 Å². The van der Waals surface area contributed by atoms with Gasteiger partial charge in [-0.25, -0.2) is 0 Å². The van der Waals surface area contributed by atoms with Gasteiger partial charge in [0.1, 0.15) is 0 Å². The van der Waals surface area contributed by atoms with Crippen molar-refractivity contribution < 1.29 is 0 Å². The van der Waals surface area contributed by atoms with Crippen LogP contribution in [0.2, 0.25) is 0 Å². The van der Waals surface area contributed by atoms with Crippen molar-refractivity contribution in [3.63, 3.8) is 0 Å². The van der Waals surface area contributed by atoms with Crippen molar-refractivity contribution in [2.45, 2.75) is 39.0 Å². The third kappa shape index (κ3) is 3.13. The molecule has 0 N–H and O–H groups in total. The molecule has 1 aromatic carbocycles. The van der Waals surface area contributed by atoms with Crippen molar-refractivity contribution in [1.29, 1.82) is 0 Å². The molecule has 78 valence electrons. The maximum absolute atomic E-state index is 3.31. The largest absolute Gasteiger partial charge is 0.0976 e. The van der Waals surface area contributed by atoms with Crippen LogP contribution in [0.1, 0.15) is 43.2 Å². The molecule has 0 unspecified atom stereocenters. The molecule has 0 aliphatic heterocycles. The molecule has 15 heavy (non-hydrogen) atoms. The highest BCUT2D eigenvalue weighted by molar-refractivity contribution is 5.35. The summed E-state index contributed by atoms with van der Waals surface area (Å²) in [5.41, 5.74) is 2.45. The first-order valence-electron chi connectivity index (χ1n) is 5.90. The van der Waals surface area contributed by atoms with E-state index in [-0.39, 0.29) is 0 Å². The zero-order chi connectivity index (χ0) is 10.5. The van der Waals surface area contributed by atoms with Crippen molar-refractivity contribution in [2.75, 3.05) is 0 Å². The number of rotatable bonds is 1. The minimum absolute atomic E-state index is 0.878. The van der Waals surface area contributed by atoms with Gasteiger partial charge >= 0.3 is 0 Å². The molecule has 0 radical (unpaired) electrons. The quantitative estimate of drug-likeness (QED) is 0.600. The highest BCUT2D eigenvalue weighted by atomic mass is 14.2. The van der Waals surface area contributed by atoms with Crippen LogP contribution in [-0.2, 0) is 0 Å². The summed E-state index contributed by atoms with van der Waals surface area (Å²) in [5.74, 6) is 7.44. The van der Waals surface area contributed by atoms with Gasteiger partial charge in [-0.3, -0.25) is 0 Å². The predicted octanol–water partition coefficient (Wildman–Crippen LogP) is 3.93. The topological polar surface area (TPSA) is 0 Å². The second-order valence-corrected chi connectivity index (χ2v) is 4.52. The van der Waals surface area contributed by atoms with E-state index in [2.05, 4.69) is 43.0 Å². The van der Waals surface area contributed by atoms with Gasteiger partial charge in [-0.05, 0) is 37.8 Å². The molecule has 0 amide bonds. The summed E-state index contributed by atoms with van der Waals surface area (Å²) in [6, 6.07) is 8.47. The Balaban J connectivity index is 1.90. The molecule has 0 heterocycles. The van der Waals surface area contributed by atoms with E-state index in [1.807, 2.05) is 0 Å². The second-order valence-electron chi connectivity index (χ2n) is 4.52. The van der Waals surface area contributed by atoms with Crippen LogP contribution < -0.4 is 0 Å². The van der Waals surface area contributed by atoms with Gasteiger partial charge in [0, 0.05) is 12.0 Å². The highest BCUT2D eigenvalue weighted by Crippen LogP contribution is 2.26. The van der Waals surface area contributed by atoms with Crippen LogP contribution >= 0.6 is 0 Å². The Hall–Kier alpha value is -1.22. The molecule has 0 saturated heterocycles. The van der Waals surface area contributed by atoms with Crippen molar-refractivity contribution >= 4 is 0 Å². The van der Waals surface area contributed by atoms with Gasteiger partial charge in [0.15, 0.2) is 0 Å². The lowest BCUT2D eigenvalue weighted by Gasteiger charge is -2.00. The summed E-state index contributed by atoms with van der Waals surface area (Å²) in [6.07, 6.45) is 6.70. The summed E-state index contributed by atoms with van der Waals surface area (Å²) in [4.78, 5) is 0. The van der Waals surface area contributed by atoms with Crippen molar-refractivity contribution in [1.82, 2.24) is 0 Å². The minimum Gasteiger partial charge on any atom is -0.0976 e. The fraction of sp³-hybridized carbons (Fsp3) is 0.467. The summed E-state index contributed by atoms with van der Waals surface area (Å²) < 4.78 is 0. The normalized spacial score (nSPS) is 16.1. The summed E-state index contributed by atoms with van der Waals surface area (Å²) in [7, 11) is 0. The molecule has 0 spiro atoms. The lowest BCUT2D eigenvalue weighted by Crippen LogP contribution is -1.89. The number of hydrogen-bond donors (Lipinski definition) is 0. The van der Waals surface area contributed by atoms with E-state index in [0.717, 1.165) is 17.9 Å². The van der Waals surface area contributed by atoms with Gasteiger partial charge in [-0.15, -0.1) is 0 Å². The number of benzene rings is 1. The summed E-state index contributed by atoms with van der Waals surface area (Å²) >= 11 is 0. The smallest absolute Gasteiger partial charge is 0.0245 e. The summed E-state index contributed by atoms with van der Waals surface area (Å²) in [6.45, 7) is 2.11. The van der Waals surface area contributed by atoms with Gasteiger partial charge < -0.3 is 0 Å². The molecule has 2 rings (SSSR count). The van der Waals surface area contributed by atoms with E-state index < -0.39 is 0 Å². The van der Waals surface area contributed by atoms with Crippen molar-refractivity contribution in [3.8, 4) is 11.8 Å². The monoisotopic (exact) mass is 198 g/mol. The van der Waals surface area contributed by atoms with Crippen LogP contribution in [0.4, 0.5) is 0 Å². The highest BCUT2D eigenvalue weighted by Gasteiger charge is 2.12. The van der Waals surface area contributed by atoms with Crippen LogP contribution in [0.15, 0.2) is 24.3 Å². The van der Waals surface area contributed by atoms with E-state index in [0.29, 0.717) is 0 Å². The molecule has 1 aliphatic carbocycles. The average molecular weight is 198 g/mol. The molecule has 0 nitrogen and oxygen atoms in total. The van der Waals surface area contributed by atoms with Crippen molar-refractivity contribution in [3.05, 3.63) is 35.4 Å². The predicted molar refractivity (Wildman–Crippen MR) is 64.6 cm³/mol. The molecule has 1 saturated carbocycles. The third-order valence-corrected chi connectivity index (χ3v) is 3.15. The minimum atomic E-state index is 0.878. The lowest BCUT2D eigenvalue weighted by atomic mass is 10.0. The van der Waals surface area contributed by atoms with Crippen molar-refractivity contribution in [2.24, 2.45) is 5.92 Å². The third-order valence-electron chi connectivity index (χ3n) is 3.15. The van der Waals surface area contributed by atoms with Gasteiger partial charge in [0.2, 0.25) is 0 Å². The first-order valence-corrected chi connectivity index (χ1v) is 5.90. The van der Waals surface area contributed by atoms with Crippen LogP contribution in [0.25, 0.3) is 0 Å². The Morgan fingerprint density at radius 2 is 1.80 bits per heavy atom. The summed E-state index contributed by atoms with van der Waals surface area (Å²) in [5, 5.41) is 0. The molecule has 1 aromatic rings.